The maximum absolute atomic E-state index is 12.0. The molecule has 0 atom stereocenters. The van der Waals surface area contributed by atoms with Crippen molar-refractivity contribution >= 4 is 39.8 Å². The van der Waals surface area contributed by atoms with Gasteiger partial charge in [-0.3, -0.25) is 10.1 Å². The van der Waals surface area contributed by atoms with Gasteiger partial charge in [0.15, 0.2) is 0 Å². The SMILES string of the molecule is CC(C)CC(=O)Nc1ccc(NC(=O)Nc2nnc(C3CC3)s2)cc1. The predicted molar refractivity (Wildman–Crippen MR) is 99.1 cm³/mol. The Labute approximate surface area is 150 Å². The molecule has 1 aromatic carbocycles. The number of anilines is 3. The largest absolute Gasteiger partial charge is 0.326 e. The molecule has 0 bridgehead atoms. The average molecular weight is 359 g/mol. The number of carbonyl (C=O) groups excluding carboxylic acids is 2. The van der Waals surface area contributed by atoms with Crippen LogP contribution in [0.4, 0.5) is 21.3 Å². The molecule has 1 aliphatic rings. The van der Waals surface area contributed by atoms with Crippen molar-refractivity contribution in [3.8, 4) is 0 Å². The predicted octanol–water partition coefficient (Wildman–Crippen LogP) is 4.04. The molecule has 25 heavy (non-hydrogen) atoms. The molecule has 1 aromatic heterocycles. The highest BCUT2D eigenvalue weighted by Crippen LogP contribution is 2.42. The van der Waals surface area contributed by atoms with Gasteiger partial charge >= 0.3 is 6.03 Å². The van der Waals surface area contributed by atoms with Gasteiger partial charge in [-0.15, -0.1) is 10.2 Å². The number of carbonyl (C=O) groups is 2. The number of amides is 3. The number of hydrogen-bond acceptors (Lipinski definition) is 5. The summed E-state index contributed by atoms with van der Waals surface area (Å²) in [6.45, 7) is 3.99. The molecule has 1 fully saturated rings. The molecular weight excluding hydrogens is 338 g/mol. The Hall–Kier alpha value is -2.48. The maximum atomic E-state index is 12.0. The fourth-order valence-corrected chi connectivity index (χ4v) is 3.17. The van der Waals surface area contributed by atoms with E-state index in [0.717, 1.165) is 17.8 Å². The Balaban J connectivity index is 1.49. The van der Waals surface area contributed by atoms with Crippen molar-refractivity contribution < 1.29 is 9.59 Å². The number of urea groups is 1. The molecule has 0 spiro atoms. The first kappa shape index (κ1) is 17.3. The number of nitrogens with one attached hydrogen (secondary N) is 3. The summed E-state index contributed by atoms with van der Waals surface area (Å²) >= 11 is 1.41. The van der Waals surface area contributed by atoms with Gasteiger partial charge in [0, 0.05) is 23.7 Å². The van der Waals surface area contributed by atoms with Crippen LogP contribution in [-0.4, -0.2) is 22.1 Å². The van der Waals surface area contributed by atoms with Gasteiger partial charge in [-0.25, -0.2) is 4.79 Å². The summed E-state index contributed by atoms with van der Waals surface area (Å²) in [5, 5.41) is 17.8. The lowest BCUT2D eigenvalue weighted by molar-refractivity contribution is -0.116. The van der Waals surface area contributed by atoms with E-state index in [1.165, 1.54) is 11.3 Å². The number of rotatable bonds is 6. The van der Waals surface area contributed by atoms with Crippen molar-refractivity contribution in [2.24, 2.45) is 5.92 Å². The summed E-state index contributed by atoms with van der Waals surface area (Å²) in [5.41, 5.74) is 1.33. The average Bonchev–Trinajstić information content (AvgIpc) is 3.29. The quantitative estimate of drug-likeness (QED) is 0.725. The van der Waals surface area contributed by atoms with Gasteiger partial charge in [0.05, 0.1) is 0 Å². The van der Waals surface area contributed by atoms with Crippen LogP contribution in [0.1, 0.15) is 44.0 Å². The van der Waals surface area contributed by atoms with Crippen LogP contribution in [0.15, 0.2) is 24.3 Å². The highest BCUT2D eigenvalue weighted by atomic mass is 32.1. The van der Waals surface area contributed by atoms with E-state index in [1.807, 2.05) is 13.8 Å². The smallest absolute Gasteiger partial charge is 0.325 e. The third kappa shape index (κ3) is 5.25. The molecule has 0 aliphatic heterocycles. The van der Waals surface area contributed by atoms with Crippen molar-refractivity contribution in [1.29, 1.82) is 0 Å². The molecule has 2 aromatic rings. The fourth-order valence-electron chi connectivity index (χ4n) is 2.26. The Morgan fingerprint density at radius 3 is 2.32 bits per heavy atom. The minimum absolute atomic E-state index is 0.0174. The molecule has 1 aliphatic carbocycles. The second-order valence-corrected chi connectivity index (χ2v) is 7.53. The third-order valence-electron chi connectivity index (χ3n) is 3.61. The Morgan fingerprint density at radius 2 is 1.72 bits per heavy atom. The number of aromatic nitrogens is 2. The first-order valence-corrected chi connectivity index (χ1v) is 9.12. The molecule has 8 heteroatoms. The number of benzene rings is 1. The first-order valence-electron chi connectivity index (χ1n) is 8.31. The lowest BCUT2D eigenvalue weighted by Gasteiger charge is -2.09. The fraction of sp³-hybridized carbons (Fsp3) is 0.412. The van der Waals surface area contributed by atoms with Crippen molar-refractivity contribution in [2.75, 3.05) is 16.0 Å². The van der Waals surface area contributed by atoms with Crippen LogP contribution >= 0.6 is 11.3 Å². The lowest BCUT2D eigenvalue weighted by atomic mass is 10.1. The minimum atomic E-state index is -0.366. The molecular formula is C17H21N5O2S. The summed E-state index contributed by atoms with van der Waals surface area (Å²) in [6, 6.07) is 6.62. The molecule has 3 N–H and O–H groups in total. The molecule has 3 amide bonds. The zero-order valence-corrected chi connectivity index (χ0v) is 15.0. The monoisotopic (exact) mass is 359 g/mol. The lowest BCUT2D eigenvalue weighted by Crippen LogP contribution is -2.19. The van der Waals surface area contributed by atoms with E-state index in [9.17, 15) is 9.59 Å². The topological polar surface area (TPSA) is 96.0 Å². The molecule has 0 radical (unpaired) electrons. The standard InChI is InChI=1S/C17H21N5O2S/c1-10(2)9-14(23)18-12-5-7-13(8-6-12)19-16(24)20-17-22-21-15(25-17)11-3-4-11/h5-8,10-11H,3-4,9H2,1-2H3,(H,18,23)(H2,19,20,22,24). The second-order valence-electron chi connectivity index (χ2n) is 6.52. The van der Waals surface area contributed by atoms with Gasteiger partial charge in [-0.2, -0.15) is 0 Å². The molecule has 132 valence electrons. The van der Waals surface area contributed by atoms with Gasteiger partial charge in [0.25, 0.3) is 0 Å². The van der Waals surface area contributed by atoms with Gasteiger partial charge in [0.2, 0.25) is 11.0 Å². The van der Waals surface area contributed by atoms with E-state index in [-0.39, 0.29) is 11.9 Å². The van der Waals surface area contributed by atoms with Gasteiger partial charge < -0.3 is 10.6 Å². The van der Waals surface area contributed by atoms with E-state index >= 15 is 0 Å². The van der Waals surface area contributed by atoms with Crippen LogP contribution in [0.3, 0.4) is 0 Å². The minimum Gasteiger partial charge on any atom is -0.326 e. The van der Waals surface area contributed by atoms with Crippen molar-refractivity contribution in [1.82, 2.24) is 10.2 Å². The number of nitrogens with zero attached hydrogens (tertiary/aromatic N) is 2. The molecule has 0 unspecified atom stereocenters. The van der Waals surface area contributed by atoms with E-state index in [2.05, 4.69) is 26.1 Å². The highest BCUT2D eigenvalue weighted by Gasteiger charge is 2.27. The van der Waals surface area contributed by atoms with Crippen LogP contribution in [0.5, 0.6) is 0 Å². The molecule has 1 saturated carbocycles. The Morgan fingerprint density at radius 1 is 1.08 bits per heavy atom. The Kier molecular flexibility index (Phi) is 5.28. The molecule has 7 nitrogen and oxygen atoms in total. The highest BCUT2D eigenvalue weighted by molar-refractivity contribution is 7.15. The van der Waals surface area contributed by atoms with Crippen LogP contribution in [0.25, 0.3) is 0 Å². The van der Waals surface area contributed by atoms with Crippen molar-refractivity contribution in [2.45, 2.75) is 39.0 Å². The van der Waals surface area contributed by atoms with E-state index in [0.29, 0.717) is 34.8 Å². The van der Waals surface area contributed by atoms with Gasteiger partial charge in [-0.05, 0) is 43.0 Å². The van der Waals surface area contributed by atoms with Crippen molar-refractivity contribution in [3.05, 3.63) is 29.3 Å². The van der Waals surface area contributed by atoms with Crippen molar-refractivity contribution in [3.63, 3.8) is 0 Å². The van der Waals surface area contributed by atoms with Crippen LogP contribution < -0.4 is 16.0 Å². The zero-order chi connectivity index (χ0) is 17.8. The summed E-state index contributed by atoms with van der Waals surface area (Å²) in [6.07, 6.45) is 2.79. The van der Waals surface area contributed by atoms with E-state index in [4.69, 9.17) is 0 Å². The Bertz CT molecular complexity index is 753. The van der Waals surface area contributed by atoms with Gasteiger partial charge in [0.1, 0.15) is 5.01 Å². The summed E-state index contributed by atoms with van der Waals surface area (Å²) in [4.78, 5) is 23.7. The molecule has 3 rings (SSSR count). The first-order chi connectivity index (χ1) is 12.0. The maximum Gasteiger partial charge on any atom is 0.325 e. The second kappa shape index (κ2) is 7.60. The zero-order valence-electron chi connectivity index (χ0n) is 14.2. The third-order valence-corrected chi connectivity index (χ3v) is 4.61. The van der Waals surface area contributed by atoms with Crippen LogP contribution in [-0.2, 0) is 4.79 Å². The van der Waals surface area contributed by atoms with E-state index in [1.54, 1.807) is 24.3 Å². The summed E-state index contributed by atoms with van der Waals surface area (Å²) in [7, 11) is 0. The summed E-state index contributed by atoms with van der Waals surface area (Å²) in [5.74, 6) is 0.816. The molecule has 0 saturated heterocycles. The van der Waals surface area contributed by atoms with E-state index < -0.39 is 0 Å². The van der Waals surface area contributed by atoms with Crippen LogP contribution in [0.2, 0.25) is 0 Å². The summed E-state index contributed by atoms with van der Waals surface area (Å²) < 4.78 is 0. The normalized spacial score (nSPS) is 13.6. The van der Waals surface area contributed by atoms with Crippen LogP contribution in [0, 0.1) is 5.92 Å². The number of hydrogen-bond donors (Lipinski definition) is 3. The van der Waals surface area contributed by atoms with Gasteiger partial charge in [-0.1, -0.05) is 25.2 Å². The molecule has 1 heterocycles.